The molecule has 0 radical (unpaired) electrons. The number of benzene rings is 1. The lowest BCUT2D eigenvalue weighted by molar-refractivity contribution is -0.129. The van der Waals surface area contributed by atoms with Crippen molar-refractivity contribution in [2.45, 2.75) is 30.7 Å². The molecule has 0 aromatic heterocycles. The molecule has 0 spiro atoms. The summed E-state index contributed by atoms with van der Waals surface area (Å²) < 4.78 is 0. The molecule has 1 aliphatic heterocycles. The van der Waals surface area contributed by atoms with Gasteiger partial charge < -0.3 is 10.2 Å². The third-order valence-corrected chi connectivity index (χ3v) is 4.63. The van der Waals surface area contributed by atoms with Crippen molar-refractivity contribution in [3.8, 4) is 0 Å². The summed E-state index contributed by atoms with van der Waals surface area (Å²) in [5.41, 5.74) is 1.25. The molecule has 1 aliphatic rings. The molecule has 1 aromatic carbocycles. The Morgan fingerprint density at radius 1 is 1.30 bits per heavy atom. The van der Waals surface area contributed by atoms with E-state index in [1.165, 1.54) is 5.56 Å². The molecule has 0 atom stereocenters. The molecule has 3 nitrogen and oxygen atoms in total. The second kappa shape index (κ2) is 8.55. The molecule has 1 aromatic rings. The number of piperidine rings is 1. The van der Waals surface area contributed by atoms with Gasteiger partial charge in [0.2, 0.25) is 5.91 Å². The summed E-state index contributed by atoms with van der Waals surface area (Å²) in [5, 5.41) is 3.33. The molecule has 0 unspecified atom stereocenters. The van der Waals surface area contributed by atoms with E-state index < -0.39 is 0 Å². The second-order valence-corrected chi connectivity index (χ2v) is 6.14. The van der Waals surface area contributed by atoms with Gasteiger partial charge >= 0.3 is 0 Å². The highest BCUT2D eigenvalue weighted by atomic mass is 35.5. The summed E-state index contributed by atoms with van der Waals surface area (Å²) in [4.78, 5) is 15.3. The molecule has 20 heavy (non-hydrogen) atoms. The fourth-order valence-corrected chi connectivity index (χ4v) is 3.10. The fraction of sp³-hybridized carbons (Fsp3) is 0.533. The smallest absolute Gasteiger partial charge is 0.232 e. The van der Waals surface area contributed by atoms with Crippen LogP contribution in [-0.4, -0.2) is 42.7 Å². The largest absolute Gasteiger partial charge is 0.342 e. The number of nitrogens with zero attached hydrogens (tertiary/aromatic N) is 1. The van der Waals surface area contributed by atoms with E-state index in [0.29, 0.717) is 11.8 Å². The van der Waals surface area contributed by atoms with Gasteiger partial charge in [-0.15, -0.1) is 24.2 Å². The van der Waals surface area contributed by atoms with E-state index >= 15 is 0 Å². The predicted octanol–water partition coefficient (Wildman–Crippen LogP) is 2.72. The number of amides is 1. The maximum absolute atomic E-state index is 12.2. The van der Waals surface area contributed by atoms with Crippen molar-refractivity contribution in [3.63, 3.8) is 0 Å². The van der Waals surface area contributed by atoms with E-state index in [1.807, 2.05) is 11.9 Å². The SMILES string of the molecule is Cc1ccc(SCC(=O)N(C)C2CCNCC2)cc1.Cl. The Bertz CT molecular complexity index is 418. The van der Waals surface area contributed by atoms with Gasteiger partial charge in [-0.2, -0.15) is 0 Å². The number of rotatable bonds is 4. The standard InChI is InChI=1S/C15H22N2OS.ClH/c1-12-3-5-14(6-4-12)19-11-15(18)17(2)13-7-9-16-10-8-13;/h3-6,13,16H,7-11H2,1-2H3;1H. The van der Waals surface area contributed by atoms with Gasteiger partial charge in [0.05, 0.1) is 5.75 Å². The van der Waals surface area contributed by atoms with Crippen LogP contribution in [0.2, 0.25) is 0 Å². The van der Waals surface area contributed by atoms with Gasteiger partial charge in [-0.1, -0.05) is 17.7 Å². The average Bonchev–Trinajstić information content (AvgIpc) is 2.46. The summed E-state index contributed by atoms with van der Waals surface area (Å²) in [6.45, 7) is 4.12. The van der Waals surface area contributed by atoms with E-state index in [-0.39, 0.29) is 18.3 Å². The first-order chi connectivity index (χ1) is 9.16. The summed E-state index contributed by atoms with van der Waals surface area (Å²) in [6.07, 6.45) is 2.13. The fourth-order valence-electron chi connectivity index (χ4n) is 2.28. The number of hydrogen-bond acceptors (Lipinski definition) is 3. The maximum Gasteiger partial charge on any atom is 0.232 e. The summed E-state index contributed by atoms with van der Waals surface area (Å²) in [7, 11) is 1.94. The van der Waals surface area contributed by atoms with Gasteiger partial charge in [0, 0.05) is 18.0 Å². The molecule has 112 valence electrons. The molecular weight excluding hydrogens is 292 g/mol. The summed E-state index contributed by atoms with van der Waals surface area (Å²) in [6, 6.07) is 8.75. The third-order valence-electron chi connectivity index (χ3n) is 3.63. The Morgan fingerprint density at radius 3 is 2.50 bits per heavy atom. The number of aryl methyl sites for hydroxylation is 1. The Balaban J connectivity index is 0.00000200. The molecule has 1 fully saturated rings. The van der Waals surface area contributed by atoms with Crippen molar-refractivity contribution < 1.29 is 4.79 Å². The number of carbonyl (C=O) groups excluding carboxylic acids is 1. The van der Waals surface area contributed by atoms with Crippen LogP contribution in [0.1, 0.15) is 18.4 Å². The van der Waals surface area contributed by atoms with Gasteiger partial charge in [0.15, 0.2) is 0 Å². The first-order valence-electron chi connectivity index (χ1n) is 6.82. The molecule has 1 saturated heterocycles. The van der Waals surface area contributed by atoms with E-state index in [0.717, 1.165) is 30.8 Å². The minimum Gasteiger partial charge on any atom is -0.342 e. The quantitative estimate of drug-likeness (QED) is 0.867. The first kappa shape index (κ1) is 17.3. The molecule has 1 amide bonds. The van der Waals surface area contributed by atoms with Gasteiger partial charge in [-0.05, 0) is 45.0 Å². The highest BCUT2D eigenvalue weighted by Crippen LogP contribution is 2.19. The highest BCUT2D eigenvalue weighted by molar-refractivity contribution is 8.00. The van der Waals surface area contributed by atoms with Crippen molar-refractivity contribution in [2.24, 2.45) is 0 Å². The van der Waals surface area contributed by atoms with Crippen LogP contribution in [0.3, 0.4) is 0 Å². The molecule has 1 N–H and O–H groups in total. The minimum atomic E-state index is 0. The number of halogens is 1. The normalized spacial score (nSPS) is 15.5. The number of thioether (sulfide) groups is 1. The van der Waals surface area contributed by atoms with Gasteiger partial charge in [0.25, 0.3) is 0 Å². The van der Waals surface area contributed by atoms with Gasteiger partial charge in [0.1, 0.15) is 0 Å². The van der Waals surface area contributed by atoms with Crippen molar-refractivity contribution in [3.05, 3.63) is 29.8 Å². The van der Waals surface area contributed by atoms with Crippen molar-refractivity contribution in [1.29, 1.82) is 0 Å². The van der Waals surface area contributed by atoms with E-state index in [1.54, 1.807) is 11.8 Å². The zero-order valence-corrected chi connectivity index (χ0v) is 13.7. The van der Waals surface area contributed by atoms with Crippen LogP contribution in [0.15, 0.2) is 29.2 Å². The highest BCUT2D eigenvalue weighted by Gasteiger charge is 2.21. The maximum atomic E-state index is 12.2. The second-order valence-electron chi connectivity index (χ2n) is 5.09. The Hall–Kier alpha value is -0.710. The lowest BCUT2D eigenvalue weighted by Gasteiger charge is -2.31. The first-order valence-corrected chi connectivity index (χ1v) is 7.81. The lowest BCUT2D eigenvalue weighted by atomic mass is 10.1. The van der Waals surface area contributed by atoms with Crippen LogP contribution in [0.5, 0.6) is 0 Å². The topological polar surface area (TPSA) is 32.3 Å². The zero-order valence-electron chi connectivity index (χ0n) is 12.1. The van der Waals surface area contributed by atoms with Crippen LogP contribution in [0, 0.1) is 6.92 Å². The van der Waals surface area contributed by atoms with E-state index in [9.17, 15) is 4.79 Å². The molecule has 5 heteroatoms. The molecule has 0 aliphatic carbocycles. The average molecular weight is 315 g/mol. The van der Waals surface area contributed by atoms with Crippen LogP contribution >= 0.6 is 24.2 Å². The monoisotopic (exact) mass is 314 g/mol. The predicted molar refractivity (Wildman–Crippen MR) is 87.8 cm³/mol. The van der Waals surface area contributed by atoms with E-state index in [2.05, 4.69) is 36.5 Å². The number of hydrogen-bond donors (Lipinski definition) is 1. The van der Waals surface area contributed by atoms with Crippen molar-refractivity contribution in [1.82, 2.24) is 10.2 Å². The number of carbonyl (C=O) groups is 1. The summed E-state index contributed by atoms with van der Waals surface area (Å²) >= 11 is 1.62. The van der Waals surface area contributed by atoms with Crippen LogP contribution in [0.4, 0.5) is 0 Å². The molecule has 1 heterocycles. The van der Waals surface area contributed by atoms with Crippen LogP contribution in [0.25, 0.3) is 0 Å². The zero-order chi connectivity index (χ0) is 13.7. The lowest BCUT2D eigenvalue weighted by Crippen LogP contribution is -2.44. The Kier molecular flexibility index (Phi) is 7.41. The van der Waals surface area contributed by atoms with Crippen molar-refractivity contribution >= 4 is 30.1 Å². The third kappa shape index (κ3) is 5.00. The van der Waals surface area contributed by atoms with Crippen LogP contribution in [-0.2, 0) is 4.79 Å². The van der Waals surface area contributed by atoms with E-state index in [4.69, 9.17) is 0 Å². The minimum absolute atomic E-state index is 0. The Morgan fingerprint density at radius 2 is 1.90 bits per heavy atom. The molecular formula is C15H23ClN2OS. The Labute approximate surface area is 131 Å². The molecule has 2 rings (SSSR count). The molecule has 0 bridgehead atoms. The molecule has 0 saturated carbocycles. The van der Waals surface area contributed by atoms with Gasteiger partial charge in [-0.25, -0.2) is 0 Å². The van der Waals surface area contributed by atoms with Crippen molar-refractivity contribution in [2.75, 3.05) is 25.9 Å². The van der Waals surface area contributed by atoms with Gasteiger partial charge in [-0.3, -0.25) is 4.79 Å². The van der Waals surface area contributed by atoms with Crippen LogP contribution < -0.4 is 5.32 Å². The number of nitrogens with one attached hydrogen (secondary N) is 1. The summed E-state index contributed by atoms with van der Waals surface area (Å²) in [5.74, 6) is 0.765.